The molecular weight excluding hydrogens is 158 g/mol. The molecule has 0 heterocycles. The SMILES string of the molecule is C=CC[N+](C)(CC=C)CCCCC. The third kappa shape index (κ3) is 5.64. The fourth-order valence-corrected chi connectivity index (χ4v) is 1.62. The van der Waals surface area contributed by atoms with Crippen LogP contribution in [0.15, 0.2) is 25.3 Å². The zero-order chi connectivity index (χ0) is 10.2. The highest BCUT2D eigenvalue weighted by atomic mass is 15.3. The number of hydrogen-bond donors (Lipinski definition) is 0. The Morgan fingerprint density at radius 1 is 1.08 bits per heavy atom. The normalized spacial score (nSPS) is 11.2. The molecule has 0 aliphatic rings. The first-order valence-electron chi connectivity index (χ1n) is 5.24. The molecule has 0 spiro atoms. The molecule has 13 heavy (non-hydrogen) atoms. The molecule has 1 nitrogen and oxygen atoms in total. The molecule has 0 amide bonds. The molecule has 0 atom stereocenters. The van der Waals surface area contributed by atoms with Gasteiger partial charge in [-0.15, -0.1) is 0 Å². The maximum absolute atomic E-state index is 3.81. The molecule has 0 aromatic heterocycles. The molecule has 0 aliphatic carbocycles. The molecule has 0 N–H and O–H groups in total. The van der Waals surface area contributed by atoms with E-state index in [1.54, 1.807) is 0 Å². The highest BCUT2D eigenvalue weighted by Crippen LogP contribution is 2.07. The summed E-state index contributed by atoms with van der Waals surface area (Å²) in [7, 11) is 2.28. The van der Waals surface area contributed by atoms with Crippen LogP contribution in [0.3, 0.4) is 0 Å². The monoisotopic (exact) mass is 182 g/mol. The van der Waals surface area contributed by atoms with Gasteiger partial charge in [-0.2, -0.15) is 0 Å². The van der Waals surface area contributed by atoms with Crippen LogP contribution in [0.2, 0.25) is 0 Å². The molecule has 0 fully saturated rings. The Labute approximate surface area is 83.3 Å². The first kappa shape index (κ1) is 12.4. The maximum atomic E-state index is 3.81. The van der Waals surface area contributed by atoms with Crippen LogP contribution >= 0.6 is 0 Å². The second-order valence-electron chi connectivity index (χ2n) is 3.99. The molecule has 0 aliphatic heterocycles. The number of unbranched alkanes of at least 4 members (excludes halogenated alkanes) is 2. The number of hydrogen-bond acceptors (Lipinski definition) is 0. The van der Waals surface area contributed by atoms with E-state index in [0.717, 1.165) is 17.6 Å². The van der Waals surface area contributed by atoms with E-state index in [0.29, 0.717) is 0 Å². The summed E-state index contributed by atoms with van der Waals surface area (Å²) in [5, 5.41) is 0. The first-order chi connectivity index (χ1) is 6.18. The number of nitrogens with zero attached hydrogens (tertiary/aromatic N) is 1. The maximum Gasteiger partial charge on any atom is 0.0971 e. The van der Waals surface area contributed by atoms with Gasteiger partial charge in [0.05, 0.1) is 26.7 Å². The lowest BCUT2D eigenvalue weighted by Gasteiger charge is -2.32. The molecule has 76 valence electrons. The largest absolute Gasteiger partial charge is 0.320 e. The Balaban J connectivity index is 3.90. The van der Waals surface area contributed by atoms with Crippen molar-refractivity contribution in [2.45, 2.75) is 26.2 Å². The number of likely N-dealkylation sites (N-methyl/N-ethyl adjacent to an activating group) is 1. The summed E-state index contributed by atoms with van der Waals surface area (Å²) in [6, 6.07) is 0. The predicted octanol–water partition coefficient (Wildman–Crippen LogP) is 3.00. The first-order valence-corrected chi connectivity index (χ1v) is 5.24. The highest BCUT2D eigenvalue weighted by Gasteiger charge is 2.16. The van der Waals surface area contributed by atoms with Crippen molar-refractivity contribution in [3.05, 3.63) is 25.3 Å². The summed E-state index contributed by atoms with van der Waals surface area (Å²) in [5.74, 6) is 0. The van der Waals surface area contributed by atoms with Crippen LogP contribution in [0, 0.1) is 0 Å². The quantitative estimate of drug-likeness (QED) is 0.307. The van der Waals surface area contributed by atoms with Gasteiger partial charge >= 0.3 is 0 Å². The Hall–Kier alpha value is -0.560. The third-order valence-corrected chi connectivity index (χ3v) is 2.44. The molecule has 0 bridgehead atoms. The molecule has 0 radical (unpaired) electrons. The summed E-state index contributed by atoms with van der Waals surface area (Å²) >= 11 is 0. The Kier molecular flexibility index (Phi) is 6.61. The summed E-state index contributed by atoms with van der Waals surface area (Å²) < 4.78 is 1.06. The van der Waals surface area contributed by atoms with Crippen molar-refractivity contribution in [3.63, 3.8) is 0 Å². The smallest absolute Gasteiger partial charge is 0.0971 e. The second kappa shape index (κ2) is 6.90. The van der Waals surface area contributed by atoms with Crippen molar-refractivity contribution in [2.75, 3.05) is 26.7 Å². The third-order valence-electron chi connectivity index (χ3n) is 2.44. The predicted molar refractivity (Wildman–Crippen MR) is 60.7 cm³/mol. The average Bonchev–Trinajstić information content (AvgIpc) is 2.05. The van der Waals surface area contributed by atoms with E-state index in [-0.39, 0.29) is 0 Å². The van der Waals surface area contributed by atoms with Crippen LogP contribution in [0.5, 0.6) is 0 Å². The van der Waals surface area contributed by atoms with Crippen molar-refractivity contribution in [2.24, 2.45) is 0 Å². The van der Waals surface area contributed by atoms with Crippen LogP contribution < -0.4 is 0 Å². The van der Waals surface area contributed by atoms with Gasteiger partial charge in [0.1, 0.15) is 0 Å². The van der Waals surface area contributed by atoms with Crippen molar-refractivity contribution < 1.29 is 4.48 Å². The number of rotatable bonds is 8. The van der Waals surface area contributed by atoms with Gasteiger partial charge in [0.25, 0.3) is 0 Å². The van der Waals surface area contributed by atoms with Crippen LogP contribution in [0.1, 0.15) is 26.2 Å². The van der Waals surface area contributed by atoms with Crippen molar-refractivity contribution in [1.82, 2.24) is 0 Å². The molecular formula is C12H24N+. The van der Waals surface area contributed by atoms with E-state index in [4.69, 9.17) is 0 Å². The Morgan fingerprint density at radius 2 is 1.62 bits per heavy atom. The summed E-state index contributed by atoms with van der Waals surface area (Å²) in [4.78, 5) is 0. The minimum atomic E-state index is 1.05. The lowest BCUT2D eigenvalue weighted by atomic mass is 10.2. The van der Waals surface area contributed by atoms with E-state index < -0.39 is 0 Å². The van der Waals surface area contributed by atoms with Crippen molar-refractivity contribution in [1.29, 1.82) is 0 Å². The molecule has 1 heteroatoms. The number of quaternary nitrogens is 1. The average molecular weight is 182 g/mol. The van der Waals surface area contributed by atoms with Gasteiger partial charge in [0, 0.05) is 0 Å². The Morgan fingerprint density at radius 3 is 2.00 bits per heavy atom. The van der Waals surface area contributed by atoms with Gasteiger partial charge in [0.15, 0.2) is 0 Å². The molecule has 0 saturated heterocycles. The Bertz CT molecular complexity index is 139. The van der Waals surface area contributed by atoms with E-state index in [9.17, 15) is 0 Å². The fourth-order valence-electron chi connectivity index (χ4n) is 1.62. The zero-order valence-corrected chi connectivity index (χ0v) is 9.26. The summed E-state index contributed by atoms with van der Waals surface area (Å²) in [5.41, 5.74) is 0. The lowest BCUT2D eigenvalue weighted by Crippen LogP contribution is -2.44. The van der Waals surface area contributed by atoms with Crippen LogP contribution in [0.25, 0.3) is 0 Å². The van der Waals surface area contributed by atoms with Crippen molar-refractivity contribution >= 4 is 0 Å². The molecule has 0 saturated carbocycles. The van der Waals surface area contributed by atoms with Crippen LogP contribution in [-0.4, -0.2) is 31.2 Å². The van der Waals surface area contributed by atoms with E-state index in [2.05, 4.69) is 27.1 Å². The molecule has 0 rings (SSSR count). The second-order valence-corrected chi connectivity index (χ2v) is 3.99. The zero-order valence-electron chi connectivity index (χ0n) is 9.26. The minimum absolute atomic E-state index is 1.05. The standard InChI is InChI=1S/C12H24N/c1-5-8-9-12-13(4,10-6-2)11-7-3/h6-7H,2-3,5,8-12H2,1,4H3/q+1. The summed E-state index contributed by atoms with van der Waals surface area (Å²) in [6.45, 7) is 13.2. The van der Waals surface area contributed by atoms with Gasteiger partial charge < -0.3 is 4.48 Å². The van der Waals surface area contributed by atoms with E-state index >= 15 is 0 Å². The fraction of sp³-hybridized carbons (Fsp3) is 0.667. The molecule has 0 aromatic rings. The van der Waals surface area contributed by atoms with Gasteiger partial charge in [-0.05, 0) is 25.0 Å². The van der Waals surface area contributed by atoms with Crippen LogP contribution in [0.4, 0.5) is 0 Å². The van der Waals surface area contributed by atoms with Gasteiger partial charge in [-0.1, -0.05) is 26.5 Å². The molecule has 0 aromatic carbocycles. The minimum Gasteiger partial charge on any atom is -0.320 e. The van der Waals surface area contributed by atoms with Gasteiger partial charge in [0.2, 0.25) is 0 Å². The van der Waals surface area contributed by atoms with E-state index in [1.807, 2.05) is 12.2 Å². The van der Waals surface area contributed by atoms with Crippen LogP contribution in [-0.2, 0) is 0 Å². The summed E-state index contributed by atoms with van der Waals surface area (Å²) in [6.07, 6.45) is 7.96. The van der Waals surface area contributed by atoms with Gasteiger partial charge in [-0.3, -0.25) is 0 Å². The van der Waals surface area contributed by atoms with E-state index in [1.165, 1.54) is 25.8 Å². The van der Waals surface area contributed by atoms with Crippen molar-refractivity contribution in [3.8, 4) is 0 Å². The molecule has 0 unspecified atom stereocenters. The topological polar surface area (TPSA) is 0 Å². The highest BCUT2D eigenvalue weighted by molar-refractivity contribution is 4.70. The van der Waals surface area contributed by atoms with Gasteiger partial charge in [-0.25, -0.2) is 0 Å². The lowest BCUT2D eigenvalue weighted by molar-refractivity contribution is -0.898.